The summed E-state index contributed by atoms with van der Waals surface area (Å²) in [5.74, 6) is 1.47. The van der Waals surface area contributed by atoms with E-state index in [0.717, 1.165) is 34.1 Å². The molecular formula is C14H18N4OS. The first-order chi connectivity index (χ1) is 9.38. The molecule has 20 heavy (non-hydrogen) atoms. The lowest BCUT2D eigenvalue weighted by atomic mass is 10.1. The zero-order valence-corrected chi connectivity index (χ0v) is 12.9. The van der Waals surface area contributed by atoms with Gasteiger partial charge in [-0.1, -0.05) is 12.2 Å². The summed E-state index contributed by atoms with van der Waals surface area (Å²) in [7, 11) is 0. The highest BCUT2D eigenvalue weighted by molar-refractivity contribution is 7.80. The first kappa shape index (κ1) is 14.5. The molecule has 5 nitrogen and oxygen atoms in total. The Morgan fingerprint density at radius 2 is 1.95 bits per heavy atom. The SMILES string of the molecule is Cc1cc(NCc2nc(C)c(C)o2)c(C(N)=S)c(C)n1. The van der Waals surface area contributed by atoms with Crippen LogP contribution in [0.25, 0.3) is 0 Å². The van der Waals surface area contributed by atoms with Crippen LogP contribution in [0.2, 0.25) is 0 Å². The Hall–Kier alpha value is -1.95. The average molecular weight is 290 g/mol. The van der Waals surface area contributed by atoms with E-state index in [1.54, 1.807) is 0 Å². The molecule has 0 amide bonds. The minimum atomic E-state index is 0.331. The fourth-order valence-electron chi connectivity index (χ4n) is 2.06. The summed E-state index contributed by atoms with van der Waals surface area (Å²) in [5, 5.41) is 3.27. The van der Waals surface area contributed by atoms with Gasteiger partial charge < -0.3 is 15.5 Å². The van der Waals surface area contributed by atoms with E-state index in [2.05, 4.69) is 15.3 Å². The van der Waals surface area contributed by atoms with E-state index in [0.29, 0.717) is 17.4 Å². The van der Waals surface area contributed by atoms with Gasteiger partial charge in [-0.3, -0.25) is 4.98 Å². The molecule has 0 saturated carbocycles. The molecule has 2 rings (SSSR count). The summed E-state index contributed by atoms with van der Waals surface area (Å²) >= 11 is 5.09. The van der Waals surface area contributed by atoms with Gasteiger partial charge in [-0.15, -0.1) is 0 Å². The topological polar surface area (TPSA) is 77.0 Å². The third kappa shape index (κ3) is 2.96. The van der Waals surface area contributed by atoms with Gasteiger partial charge in [0.1, 0.15) is 10.7 Å². The number of anilines is 1. The monoisotopic (exact) mass is 290 g/mol. The number of oxazole rings is 1. The lowest BCUT2D eigenvalue weighted by Crippen LogP contribution is -2.16. The van der Waals surface area contributed by atoms with Crippen molar-refractivity contribution in [3.63, 3.8) is 0 Å². The van der Waals surface area contributed by atoms with Gasteiger partial charge in [-0.25, -0.2) is 4.98 Å². The summed E-state index contributed by atoms with van der Waals surface area (Å²) in [5.41, 5.74) is 10.0. The van der Waals surface area contributed by atoms with E-state index in [9.17, 15) is 0 Å². The van der Waals surface area contributed by atoms with Crippen molar-refractivity contribution in [2.45, 2.75) is 34.2 Å². The number of thiocarbonyl (C=S) groups is 1. The molecule has 2 aromatic rings. The standard InChI is InChI=1S/C14H18N4OS/c1-7-5-11(13(14(15)20)9(3)17-7)16-6-12-18-8(2)10(4)19-12/h5H,6H2,1-4H3,(H2,15,20)(H,16,17). The van der Waals surface area contributed by atoms with Gasteiger partial charge >= 0.3 is 0 Å². The minimum absolute atomic E-state index is 0.331. The lowest BCUT2D eigenvalue weighted by Gasteiger charge is -2.13. The summed E-state index contributed by atoms with van der Waals surface area (Å²) in [6.07, 6.45) is 0. The quantitative estimate of drug-likeness (QED) is 0.843. The number of hydrogen-bond donors (Lipinski definition) is 2. The van der Waals surface area contributed by atoms with Crippen LogP contribution in [0.5, 0.6) is 0 Å². The van der Waals surface area contributed by atoms with E-state index in [1.807, 2.05) is 33.8 Å². The fourth-order valence-corrected chi connectivity index (χ4v) is 2.32. The number of nitrogens with zero attached hydrogens (tertiary/aromatic N) is 2. The molecule has 0 radical (unpaired) electrons. The molecule has 0 aromatic carbocycles. The largest absolute Gasteiger partial charge is 0.444 e. The highest BCUT2D eigenvalue weighted by Crippen LogP contribution is 2.20. The number of nitrogens with one attached hydrogen (secondary N) is 1. The van der Waals surface area contributed by atoms with Crippen LogP contribution in [0.1, 0.15) is 34.3 Å². The van der Waals surface area contributed by atoms with Crippen molar-refractivity contribution in [1.82, 2.24) is 9.97 Å². The smallest absolute Gasteiger partial charge is 0.213 e. The molecule has 0 aliphatic rings. The zero-order chi connectivity index (χ0) is 14.9. The Balaban J connectivity index is 2.26. The van der Waals surface area contributed by atoms with Crippen LogP contribution in [-0.4, -0.2) is 15.0 Å². The van der Waals surface area contributed by atoms with E-state index in [4.69, 9.17) is 22.4 Å². The van der Waals surface area contributed by atoms with Crippen LogP contribution in [-0.2, 0) is 6.54 Å². The number of rotatable bonds is 4. The van der Waals surface area contributed by atoms with Crippen molar-refractivity contribution in [1.29, 1.82) is 0 Å². The molecule has 0 unspecified atom stereocenters. The van der Waals surface area contributed by atoms with E-state index < -0.39 is 0 Å². The number of hydrogen-bond acceptors (Lipinski definition) is 5. The molecule has 3 N–H and O–H groups in total. The third-order valence-electron chi connectivity index (χ3n) is 3.08. The maximum Gasteiger partial charge on any atom is 0.213 e. The maximum atomic E-state index is 5.78. The van der Waals surface area contributed by atoms with E-state index >= 15 is 0 Å². The van der Waals surface area contributed by atoms with Crippen molar-refractivity contribution < 1.29 is 4.42 Å². The van der Waals surface area contributed by atoms with Gasteiger partial charge in [0.15, 0.2) is 0 Å². The van der Waals surface area contributed by atoms with Gasteiger partial charge in [-0.05, 0) is 33.8 Å². The third-order valence-corrected chi connectivity index (χ3v) is 3.28. The predicted octanol–water partition coefficient (Wildman–Crippen LogP) is 2.55. The first-order valence-corrected chi connectivity index (χ1v) is 6.74. The molecule has 106 valence electrons. The van der Waals surface area contributed by atoms with Crippen LogP contribution >= 0.6 is 12.2 Å². The average Bonchev–Trinajstić information content (AvgIpc) is 2.64. The lowest BCUT2D eigenvalue weighted by molar-refractivity contribution is 0.478. The molecule has 0 bridgehead atoms. The normalized spacial score (nSPS) is 10.6. The van der Waals surface area contributed by atoms with Crippen molar-refractivity contribution in [3.05, 3.63) is 40.4 Å². The van der Waals surface area contributed by atoms with Crippen LogP contribution in [0.15, 0.2) is 10.5 Å². The molecule has 6 heteroatoms. The molecular weight excluding hydrogens is 272 g/mol. The Labute approximate surface area is 123 Å². The van der Waals surface area contributed by atoms with Gasteiger partial charge in [0.2, 0.25) is 5.89 Å². The van der Waals surface area contributed by atoms with Crippen molar-refractivity contribution in [2.75, 3.05) is 5.32 Å². The predicted molar refractivity (Wildman–Crippen MR) is 82.9 cm³/mol. The van der Waals surface area contributed by atoms with Gasteiger partial charge in [0.25, 0.3) is 0 Å². The fraction of sp³-hybridized carbons (Fsp3) is 0.357. The van der Waals surface area contributed by atoms with E-state index in [-0.39, 0.29) is 0 Å². The van der Waals surface area contributed by atoms with Gasteiger partial charge in [0, 0.05) is 17.1 Å². The molecule has 0 fully saturated rings. The Bertz CT molecular complexity index is 644. The highest BCUT2D eigenvalue weighted by atomic mass is 32.1. The van der Waals surface area contributed by atoms with Crippen molar-refractivity contribution in [3.8, 4) is 0 Å². The zero-order valence-electron chi connectivity index (χ0n) is 12.1. The van der Waals surface area contributed by atoms with E-state index in [1.165, 1.54) is 0 Å². The van der Waals surface area contributed by atoms with Crippen molar-refractivity contribution in [2.24, 2.45) is 5.73 Å². The minimum Gasteiger partial charge on any atom is -0.444 e. The highest BCUT2D eigenvalue weighted by Gasteiger charge is 2.12. The summed E-state index contributed by atoms with van der Waals surface area (Å²) in [6, 6.07) is 1.92. The molecule has 0 saturated heterocycles. The van der Waals surface area contributed by atoms with Gasteiger partial charge in [-0.2, -0.15) is 0 Å². The molecule has 2 heterocycles. The summed E-state index contributed by atoms with van der Waals surface area (Å²) in [6.45, 7) is 8.12. The Morgan fingerprint density at radius 3 is 2.50 bits per heavy atom. The summed E-state index contributed by atoms with van der Waals surface area (Å²) in [4.78, 5) is 9.05. The van der Waals surface area contributed by atoms with Crippen LogP contribution in [0.4, 0.5) is 5.69 Å². The van der Waals surface area contributed by atoms with Crippen LogP contribution < -0.4 is 11.1 Å². The molecule has 0 atom stereocenters. The second-order valence-corrected chi connectivity index (χ2v) is 5.18. The Morgan fingerprint density at radius 1 is 1.25 bits per heavy atom. The molecule has 2 aromatic heterocycles. The second kappa shape index (κ2) is 5.58. The molecule has 0 spiro atoms. The number of aromatic nitrogens is 2. The van der Waals surface area contributed by atoms with Crippen LogP contribution in [0, 0.1) is 27.7 Å². The number of nitrogens with two attached hydrogens (primary N) is 1. The Kier molecular flexibility index (Phi) is 4.04. The van der Waals surface area contributed by atoms with Gasteiger partial charge in [0.05, 0.1) is 17.8 Å². The number of pyridine rings is 1. The first-order valence-electron chi connectivity index (χ1n) is 6.33. The molecule has 0 aliphatic heterocycles. The van der Waals surface area contributed by atoms with Crippen molar-refractivity contribution >= 4 is 22.9 Å². The maximum absolute atomic E-state index is 5.78. The number of aryl methyl sites for hydroxylation is 4. The molecule has 0 aliphatic carbocycles. The second-order valence-electron chi connectivity index (χ2n) is 4.74. The van der Waals surface area contributed by atoms with Crippen LogP contribution in [0.3, 0.4) is 0 Å². The summed E-state index contributed by atoms with van der Waals surface area (Å²) < 4.78 is 5.54.